The lowest BCUT2D eigenvalue weighted by Gasteiger charge is -2.01. The van der Waals surface area contributed by atoms with Gasteiger partial charge in [-0.2, -0.15) is 0 Å². The van der Waals surface area contributed by atoms with Gasteiger partial charge in [-0.1, -0.05) is 18.7 Å². The summed E-state index contributed by atoms with van der Waals surface area (Å²) in [5.74, 6) is -0.119. The van der Waals surface area contributed by atoms with Crippen molar-refractivity contribution in [3.8, 4) is 0 Å². The van der Waals surface area contributed by atoms with E-state index in [1.54, 1.807) is 10.8 Å². The van der Waals surface area contributed by atoms with Crippen LogP contribution in [0.2, 0.25) is 0 Å². The summed E-state index contributed by atoms with van der Waals surface area (Å²) in [5, 5.41) is 1.04. The molecule has 2 rings (SSSR count). The van der Waals surface area contributed by atoms with Gasteiger partial charge in [0.25, 0.3) is 5.91 Å². The first-order chi connectivity index (χ1) is 6.74. The van der Waals surface area contributed by atoms with Crippen molar-refractivity contribution in [2.75, 3.05) is 0 Å². The van der Waals surface area contributed by atoms with Gasteiger partial charge in [-0.15, -0.1) is 0 Å². The summed E-state index contributed by atoms with van der Waals surface area (Å²) < 4.78 is 2.49. The Balaban J connectivity index is 2.79. The Morgan fingerprint density at radius 1 is 1.43 bits per heavy atom. The summed E-state index contributed by atoms with van der Waals surface area (Å²) in [7, 11) is 0. The van der Waals surface area contributed by atoms with Crippen molar-refractivity contribution in [1.29, 1.82) is 0 Å². The Labute approximate surface area is 90.0 Å². The monoisotopic (exact) mass is 249 g/mol. The van der Waals surface area contributed by atoms with Crippen LogP contribution in [0.15, 0.2) is 47.6 Å². The number of carbonyl (C=O) groups excluding carboxylic acids is 1. The van der Waals surface area contributed by atoms with Gasteiger partial charge in [-0.25, -0.2) is 0 Å². The molecule has 2 aromatic rings. The third-order valence-electron chi connectivity index (χ3n) is 2.07. The van der Waals surface area contributed by atoms with Crippen LogP contribution < -0.4 is 0 Å². The molecule has 1 aromatic heterocycles. The Morgan fingerprint density at radius 3 is 2.93 bits per heavy atom. The molecule has 0 aliphatic carbocycles. The second-order valence-corrected chi connectivity index (χ2v) is 3.76. The van der Waals surface area contributed by atoms with Crippen LogP contribution in [0.3, 0.4) is 0 Å². The van der Waals surface area contributed by atoms with Crippen LogP contribution in [0.25, 0.3) is 10.9 Å². The summed E-state index contributed by atoms with van der Waals surface area (Å²) in [6.07, 6.45) is 3.05. The van der Waals surface area contributed by atoms with Crippen molar-refractivity contribution in [2.45, 2.75) is 0 Å². The number of para-hydroxylation sites is 1. The lowest BCUT2D eigenvalue weighted by molar-refractivity contribution is 0.0974. The second-order valence-electron chi connectivity index (χ2n) is 2.91. The summed E-state index contributed by atoms with van der Waals surface area (Å²) in [5.41, 5.74) is 0.886. The van der Waals surface area contributed by atoms with Crippen molar-refractivity contribution >= 4 is 32.7 Å². The van der Waals surface area contributed by atoms with Crippen molar-refractivity contribution in [2.24, 2.45) is 0 Å². The topological polar surface area (TPSA) is 22.0 Å². The largest absolute Gasteiger partial charge is 0.283 e. The van der Waals surface area contributed by atoms with E-state index in [0.29, 0.717) is 0 Å². The quantitative estimate of drug-likeness (QED) is 0.712. The first-order valence-corrected chi connectivity index (χ1v) is 4.95. The molecular formula is C11H8BrNO. The fraction of sp³-hybridized carbons (Fsp3) is 0. The Hall–Kier alpha value is -1.35. The molecule has 0 spiro atoms. The molecule has 0 fully saturated rings. The first-order valence-electron chi connectivity index (χ1n) is 4.16. The predicted molar refractivity (Wildman–Crippen MR) is 60.5 cm³/mol. The number of hydrogen-bond donors (Lipinski definition) is 0. The Kier molecular flexibility index (Phi) is 2.25. The normalized spacial score (nSPS) is 10.4. The van der Waals surface area contributed by atoms with E-state index < -0.39 is 0 Å². The van der Waals surface area contributed by atoms with Crippen molar-refractivity contribution in [3.63, 3.8) is 0 Å². The van der Waals surface area contributed by atoms with Crippen molar-refractivity contribution < 1.29 is 4.79 Å². The summed E-state index contributed by atoms with van der Waals surface area (Å²) in [6.45, 7) is 3.47. The van der Waals surface area contributed by atoms with Gasteiger partial charge in [0, 0.05) is 16.1 Å². The van der Waals surface area contributed by atoms with E-state index in [9.17, 15) is 4.79 Å². The standard InChI is InChI=1S/C11H8BrNO/c1-2-10(14)13-7-6-8-4-3-5-9(12)11(8)13/h2-7H,1H2. The number of carbonyl (C=O) groups is 1. The number of allylic oxidation sites excluding steroid dienone is 1. The molecule has 0 bridgehead atoms. The van der Waals surface area contributed by atoms with Gasteiger partial charge in [-0.3, -0.25) is 9.36 Å². The average molecular weight is 250 g/mol. The number of benzene rings is 1. The van der Waals surface area contributed by atoms with Gasteiger partial charge < -0.3 is 0 Å². The highest BCUT2D eigenvalue weighted by atomic mass is 79.9. The highest BCUT2D eigenvalue weighted by molar-refractivity contribution is 9.10. The maximum absolute atomic E-state index is 11.5. The second kappa shape index (κ2) is 3.42. The molecule has 0 aliphatic rings. The molecule has 0 unspecified atom stereocenters. The van der Waals surface area contributed by atoms with E-state index in [1.807, 2.05) is 24.3 Å². The summed E-state index contributed by atoms with van der Waals surface area (Å²) in [6, 6.07) is 7.72. The van der Waals surface area contributed by atoms with Gasteiger partial charge in [0.1, 0.15) is 0 Å². The van der Waals surface area contributed by atoms with Gasteiger partial charge >= 0.3 is 0 Å². The minimum Gasteiger partial charge on any atom is -0.283 e. The van der Waals surface area contributed by atoms with Gasteiger partial charge in [-0.05, 0) is 34.1 Å². The smallest absolute Gasteiger partial charge is 0.254 e. The number of halogens is 1. The van der Waals surface area contributed by atoms with E-state index >= 15 is 0 Å². The van der Waals surface area contributed by atoms with Crippen LogP contribution in [0.5, 0.6) is 0 Å². The molecule has 1 aromatic carbocycles. The van der Waals surface area contributed by atoms with E-state index in [4.69, 9.17) is 0 Å². The van der Waals surface area contributed by atoms with Gasteiger partial charge in [0.05, 0.1) is 5.52 Å². The molecule has 1 heterocycles. The number of rotatable bonds is 1. The van der Waals surface area contributed by atoms with Gasteiger partial charge in [0.15, 0.2) is 0 Å². The number of fused-ring (bicyclic) bond motifs is 1. The Bertz CT molecular complexity index is 513. The SMILES string of the molecule is C=CC(=O)n1ccc2cccc(Br)c21. The zero-order chi connectivity index (χ0) is 10.1. The minimum absolute atomic E-state index is 0.119. The molecule has 0 saturated carbocycles. The molecule has 70 valence electrons. The molecule has 0 aliphatic heterocycles. The maximum atomic E-state index is 11.5. The molecular weight excluding hydrogens is 242 g/mol. The fourth-order valence-corrected chi connectivity index (χ4v) is 2.00. The number of aromatic nitrogens is 1. The fourth-order valence-electron chi connectivity index (χ4n) is 1.43. The van der Waals surface area contributed by atoms with Crippen LogP contribution >= 0.6 is 15.9 Å². The molecule has 3 heteroatoms. The summed E-state index contributed by atoms with van der Waals surface area (Å²) >= 11 is 3.42. The third kappa shape index (κ3) is 1.30. The number of nitrogens with zero attached hydrogens (tertiary/aromatic N) is 1. The van der Waals surface area contributed by atoms with Crippen LogP contribution in [0.4, 0.5) is 0 Å². The molecule has 0 N–H and O–H groups in total. The molecule has 0 atom stereocenters. The zero-order valence-corrected chi connectivity index (χ0v) is 8.99. The highest BCUT2D eigenvalue weighted by Gasteiger charge is 2.07. The van der Waals surface area contributed by atoms with Crippen LogP contribution in [0, 0.1) is 0 Å². The molecule has 0 amide bonds. The highest BCUT2D eigenvalue weighted by Crippen LogP contribution is 2.24. The van der Waals surface area contributed by atoms with Gasteiger partial charge in [0.2, 0.25) is 0 Å². The van der Waals surface area contributed by atoms with Crippen LogP contribution in [0.1, 0.15) is 4.79 Å². The van der Waals surface area contributed by atoms with Crippen LogP contribution in [-0.2, 0) is 0 Å². The third-order valence-corrected chi connectivity index (χ3v) is 2.71. The van der Waals surface area contributed by atoms with Crippen molar-refractivity contribution in [3.05, 3.63) is 47.6 Å². The van der Waals surface area contributed by atoms with E-state index in [-0.39, 0.29) is 5.91 Å². The average Bonchev–Trinajstić information content (AvgIpc) is 2.62. The first kappa shape index (κ1) is 9.21. The minimum atomic E-state index is -0.119. The molecule has 0 radical (unpaired) electrons. The Morgan fingerprint density at radius 2 is 2.21 bits per heavy atom. The summed E-state index contributed by atoms with van der Waals surface area (Å²) in [4.78, 5) is 11.5. The number of hydrogen-bond acceptors (Lipinski definition) is 1. The van der Waals surface area contributed by atoms with Crippen LogP contribution in [-0.4, -0.2) is 10.5 Å². The predicted octanol–water partition coefficient (Wildman–Crippen LogP) is 3.23. The molecule has 0 saturated heterocycles. The maximum Gasteiger partial charge on any atom is 0.254 e. The lowest BCUT2D eigenvalue weighted by atomic mass is 10.2. The van der Waals surface area contributed by atoms with E-state index in [2.05, 4.69) is 22.5 Å². The molecule has 14 heavy (non-hydrogen) atoms. The van der Waals surface area contributed by atoms with E-state index in [1.165, 1.54) is 6.08 Å². The molecule has 2 nitrogen and oxygen atoms in total. The van der Waals surface area contributed by atoms with Crippen molar-refractivity contribution in [1.82, 2.24) is 4.57 Å². The van der Waals surface area contributed by atoms with E-state index in [0.717, 1.165) is 15.4 Å². The zero-order valence-electron chi connectivity index (χ0n) is 7.40. The lowest BCUT2D eigenvalue weighted by Crippen LogP contribution is -2.04.